The number of hydrogen-bond acceptors (Lipinski definition) is 1. The van der Waals surface area contributed by atoms with Gasteiger partial charge in [-0.1, -0.05) is 25.1 Å². The predicted molar refractivity (Wildman–Crippen MR) is 75.0 cm³/mol. The van der Waals surface area contributed by atoms with E-state index in [1.165, 1.54) is 9.13 Å². The fraction of sp³-hybridized carbons (Fsp3) is 0.385. The molecule has 0 aliphatic carbocycles. The van der Waals surface area contributed by atoms with Crippen molar-refractivity contribution >= 4 is 22.6 Å². The van der Waals surface area contributed by atoms with Crippen LogP contribution < -0.4 is 5.32 Å². The number of benzene rings is 1. The Morgan fingerprint density at radius 1 is 1.40 bits per heavy atom. The van der Waals surface area contributed by atoms with Gasteiger partial charge in [0.25, 0.3) is 0 Å². The zero-order chi connectivity index (χ0) is 11.1. The summed E-state index contributed by atoms with van der Waals surface area (Å²) in [5.74, 6) is 0. The van der Waals surface area contributed by atoms with Crippen molar-refractivity contribution in [2.45, 2.75) is 25.8 Å². The molecule has 2 heteroatoms. The van der Waals surface area contributed by atoms with Gasteiger partial charge in [-0.3, -0.25) is 0 Å². The van der Waals surface area contributed by atoms with Gasteiger partial charge in [0.15, 0.2) is 0 Å². The van der Waals surface area contributed by atoms with Crippen LogP contribution in [0.25, 0.3) is 0 Å². The first-order chi connectivity index (χ1) is 7.27. The van der Waals surface area contributed by atoms with Crippen LogP contribution in [0.2, 0.25) is 0 Å². The minimum absolute atomic E-state index is 0.416. The Bertz CT molecular complexity index is 292. The minimum Gasteiger partial charge on any atom is -0.310 e. The van der Waals surface area contributed by atoms with Crippen LogP contribution in [-0.4, -0.2) is 6.54 Å². The smallest absolute Gasteiger partial charge is 0.0354 e. The number of rotatable bonds is 6. The van der Waals surface area contributed by atoms with Crippen molar-refractivity contribution in [3.63, 3.8) is 0 Å². The van der Waals surface area contributed by atoms with Crippen molar-refractivity contribution < 1.29 is 0 Å². The van der Waals surface area contributed by atoms with Crippen LogP contribution in [0, 0.1) is 3.57 Å². The number of halogens is 1. The van der Waals surface area contributed by atoms with Gasteiger partial charge in [-0.05, 0) is 59.7 Å². The lowest BCUT2D eigenvalue weighted by Gasteiger charge is -2.17. The van der Waals surface area contributed by atoms with Crippen molar-refractivity contribution in [3.05, 3.63) is 46.1 Å². The highest BCUT2D eigenvalue weighted by atomic mass is 127. The highest BCUT2D eigenvalue weighted by Gasteiger charge is 2.07. The largest absolute Gasteiger partial charge is 0.310 e. The summed E-state index contributed by atoms with van der Waals surface area (Å²) in [5, 5.41) is 3.53. The molecule has 1 atom stereocenters. The third-order valence-electron chi connectivity index (χ3n) is 2.32. The average molecular weight is 315 g/mol. The first kappa shape index (κ1) is 12.7. The molecule has 0 heterocycles. The van der Waals surface area contributed by atoms with E-state index >= 15 is 0 Å². The Labute approximate surface area is 106 Å². The van der Waals surface area contributed by atoms with Crippen LogP contribution in [0.3, 0.4) is 0 Å². The third kappa shape index (κ3) is 4.34. The van der Waals surface area contributed by atoms with Crippen LogP contribution in [0.15, 0.2) is 36.9 Å². The van der Waals surface area contributed by atoms with Gasteiger partial charge in [-0.25, -0.2) is 0 Å². The molecule has 82 valence electrons. The maximum absolute atomic E-state index is 3.81. The summed E-state index contributed by atoms with van der Waals surface area (Å²) >= 11 is 2.33. The van der Waals surface area contributed by atoms with Crippen molar-refractivity contribution in [1.82, 2.24) is 5.32 Å². The molecule has 0 aliphatic rings. The molecule has 1 aromatic rings. The lowest BCUT2D eigenvalue weighted by Crippen LogP contribution is -2.21. The summed E-state index contributed by atoms with van der Waals surface area (Å²) in [6.45, 7) is 7.06. The lowest BCUT2D eigenvalue weighted by molar-refractivity contribution is 0.537. The van der Waals surface area contributed by atoms with E-state index in [2.05, 4.69) is 65.7 Å². The minimum atomic E-state index is 0.416. The summed E-state index contributed by atoms with van der Waals surface area (Å²) in [6.07, 6.45) is 4.13. The molecule has 0 spiro atoms. The maximum atomic E-state index is 3.81. The van der Waals surface area contributed by atoms with Gasteiger partial charge < -0.3 is 5.32 Å². The van der Waals surface area contributed by atoms with Crippen LogP contribution >= 0.6 is 22.6 Å². The maximum Gasteiger partial charge on any atom is 0.0354 e. The van der Waals surface area contributed by atoms with Crippen molar-refractivity contribution in [3.8, 4) is 0 Å². The molecule has 15 heavy (non-hydrogen) atoms. The molecule has 1 unspecified atom stereocenters. The first-order valence-corrected chi connectivity index (χ1v) is 6.45. The zero-order valence-electron chi connectivity index (χ0n) is 9.17. The van der Waals surface area contributed by atoms with Crippen LogP contribution in [0.5, 0.6) is 0 Å². The quantitative estimate of drug-likeness (QED) is 0.620. The van der Waals surface area contributed by atoms with E-state index in [1.807, 2.05) is 6.08 Å². The van der Waals surface area contributed by atoms with E-state index in [0.717, 1.165) is 19.4 Å². The van der Waals surface area contributed by atoms with Crippen LogP contribution in [-0.2, 0) is 0 Å². The molecule has 0 radical (unpaired) electrons. The lowest BCUT2D eigenvalue weighted by atomic mass is 10.0. The standard InChI is InChI=1S/C13H18IN/c1-3-5-13(15-10-4-2)11-6-8-12(14)9-7-11/h3,6-9,13,15H,1,4-5,10H2,2H3. The van der Waals surface area contributed by atoms with Gasteiger partial charge in [0, 0.05) is 9.61 Å². The molecule has 0 bridgehead atoms. The molecule has 0 saturated carbocycles. The Morgan fingerprint density at radius 2 is 2.07 bits per heavy atom. The van der Waals surface area contributed by atoms with Gasteiger partial charge in [-0.15, -0.1) is 6.58 Å². The highest BCUT2D eigenvalue weighted by Crippen LogP contribution is 2.18. The third-order valence-corrected chi connectivity index (χ3v) is 3.03. The second-order valence-electron chi connectivity index (χ2n) is 3.58. The molecule has 0 aromatic heterocycles. The zero-order valence-corrected chi connectivity index (χ0v) is 11.3. The predicted octanol–water partition coefficient (Wildman–Crippen LogP) is 3.91. The fourth-order valence-electron chi connectivity index (χ4n) is 1.52. The van der Waals surface area contributed by atoms with Gasteiger partial charge >= 0.3 is 0 Å². The Kier molecular flexibility index (Phi) is 5.95. The Hall–Kier alpha value is -0.350. The van der Waals surface area contributed by atoms with Gasteiger partial charge in [0.2, 0.25) is 0 Å². The Balaban J connectivity index is 2.69. The van der Waals surface area contributed by atoms with E-state index < -0.39 is 0 Å². The molecule has 0 saturated heterocycles. The molecule has 0 fully saturated rings. The van der Waals surface area contributed by atoms with E-state index in [-0.39, 0.29) is 0 Å². The summed E-state index contributed by atoms with van der Waals surface area (Å²) < 4.78 is 1.28. The molecular weight excluding hydrogens is 297 g/mol. The molecule has 1 rings (SSSR count). The average Bonchev–Trinajstić information content (AvgIpc) is 2.25. The molecule has 0 aliphatic heterocycles. The van der Waals surface area contributed by atoms with Crippen molar-refractivity contribution in [1.29, 1.82) is 0 Å². The topological polar surface area (TPSA) is 12.0 Å². The van der Waals surface area contributed by atoms with Crippen molar-refractivity contribution in [2.24, 2.45) is 0 Å². The highest BCUT2D eigenvalue weighted by molar-refractivity contribution is 14.1. The normalized spacial score (nSPS) is 12.4. The summed E-state index contributed by atoms with van der Waals surface area (Å²) in [6, 6.07) is 9.11. The molecule has 1 N–H and O–H groups in total. The molecule has 1 aromatic carbocycles. The van der Waals surface area contributed by atoms with Gasteiger partial charge in [0.1, 0.15) is 0 Å². The molecular formula is C13H18IN. The fourth-order valence-corrected chi connectivity index (χ4v) is 1.88. The van der Waals surface area contributed by atoms with E-state index in [1.54, 1.807) is 0 Å². The second-order valence-corrected chi connectivity index (χ2v) is 4.83. The molecule has 0 amide bonds. The van der Waals surface area contributed by atoms with E-state index in [4.69, 9.17) is 0 Å². The summed E-state index contributed by atoms with van der Waals surface area (Å²) in [4.78, 5) is 0. The first-order valence-electron chi connectivity index (χ1n) is 5.37. The van der Waals surface area contributed by atoms with Gasteiger partial charge in [-0.2, -0.15) is 0 Å². The van der Waals surface area contributed by atoms with E-state index in [0.29, 0.717) is 6.04 Å². The second kappa shape index (κ2) is 7.01. The number of hydrogen-bond donors (Lipinski definition) is 1. The van der Waals surface area contributed by atoms with E-state index in [9.17, 15) is 0 Å². The Morgan fingerprint density at radius 3 is 2.60 bits per heavy atom. The summed E-state index contributed by atoms with van der Waals surface area (Å²) in [7, 11) is 0. The van der Waals surface area contributed by atoms with Crippen molar-refractivity contribution in [2.75, 3.05) is 6.54 Å². The monoisotopic (exact) mass is 315 g/mol. The van der Waals surface area contributed by atoms with Crippen LogP contribution in [0.1, 0.15) is 31.4 Å². The SMILES string of the molecule is C=CCC(NCCC)c1ccc(I)cc1. The molecule has 1 nitrogen and oxygen atoms in total. The summed E-state index contributed by atoms with van der Waals surface area (Å²) in [5.41, 5.74) is 1.35. The number of nitrogens with one attached hydrogen (secondary N) is 1. The van der Waals surface area contributed by atoms with Gasteiger partial charge in [0.05, 0.1) is 0 Å². The van der Waals surface area contributed by atoms with Crippen LogP contribution in [0.4, 0.5) is 0 Å².